The lowest BCUT2D eigenvalue weighted by Crippen LogP contribution is -2.49. The molecule has 0 spiro atoms. The molecule has 16 aromatic rings. The second-order valence-corrected chi connectivity index (χ2v) is 40.9. The third-order valence-corrected chi connectivity index (χ3v) is 29.9. The Morgan fingerprint density at radius 2 is 0.527 bits per heavy atom. The van der Waals surface area contributed by atoms with E-state index in [1.54, 1.807) is 7.11 Å². The van der Waals surface area contributed by atoms with Crippen LogP contribution in [0.25, 0.3) is 87.2 Å². The maximum atomic E-state index is 13.5. The second-order valence-electron chi connectivity index (χ2n) is 40.9. The fourth-order valence-electron chi connectivity index (χ4n) is 21.7. The second kappa shape index (κ2) is 48.8. The monoisotopic (exact) mass is 1970 g/mol. The fraction of sp³-hybridized carbons (Fsp3) is 0.377. The summed E-state index contributed by atoms with van der Waals surface area (Å²) in [5, 5.41) is 9.54. The lowest BCUT2D eigenvalue weighted by Gasteiger charge is -2.34. The van der Waals surface area contributed by atoms with Crippen LogP contribution in [0, 0.1) is 5.82 Å². The number of aryl methyl sites for hydroxylation is 4. The number of ether oxygens (including phenoxy) is 3. The Hall–Kier alpha value is -13.3. The van der Waals surface area contributed by atoms with Crippen LogP contribution in [0.3, 0.4) is 0 Å². The predicted octanol–water partition coefficient (Wildman–Crippen LogP) is 18.9. The highest BCUT2D eigenvalue weighted by Gasteiger charge is 2.30. The van der Waals surface area contributed by atoms with Gasteiger partial charge in [0.25, 0.3) is 23.6 Å². The number of halogens is 1. The molecule has 0 aliphatic carbocycles. The van der Waals surface area contributed by atoms with E-state index in [9.17, 15) is 23.6 Å². The number of amides is 4. The summed E-state index contributed by atoms with van der Waals surface area (Å²) in [5.74, 6) is 2.90. The largest absolute Gasteiger partial charge is 0.497 e. The van der Waals surface area contributed by atoms with Crippen LogP contribution in [0.4, 0.5) is 4.39 Å². The average Bonchev–Trinajstić information content (AvgIpc) is 1.62. The van der Waals surface area contributed by atoms with Gasteiger partial charge < -0.3 is 71.7 Å². The minimum absolute atomic E-state index is 0.111. The van der Waals surface area contributed by atoms with Gasteiger partial charge in [-0.05, 0) is 290 Å². The molecular weight excluding hydrogens is 1820 g/mol. The van der Waals surface area contributed by atoms with Gasteiger partial charge in [0, 0.05) is 267 Å². The maximum Gasteiger partial charge on any atom is 0.253 e. The van der Waals surface area contributed by atoms with Crippen LogP contribution >= 0.6 is 0 Å². The molecule has 0 radical (unpaired) electrons. The molecule has 0 saturated carbocycles. The van der Waals surface area contributed by atoms with Gasteiger partial charge >= 0.3 is 0 Å². The summed E-state index contributed by atoms with van der Waals surface area (Å²) in [6.45, 7) is 25.6. The Bertz CT molecular complexity index is 7120. The summed E-state index contributed by atoms with van der Waals surface area (Å²) in [5.41, 5.74) is 18.0. The zero-order valence-electron chi connectivity index (χ0n) is 87.0. The van der Waals surface area contributed by atoms with E-state index in [0.29, 0.717) is 6.79 Å². The number of rotatable bonds is 33. The first-order valence-corrected chi connectivity index (χ1v) is 52.7. The molecule has 0 bridgehead atoms. The molecule has 5 aliphatic rings. The zero-order chi connectivity index (χ0) is 101. The Morgan fingerprint density at radius 1 is 0.267 bits per heavy atom. The van der Waals surface area contributed by atoms with Gasteiger partial charge in [0.05, 0.1) is 7.11 Å². The van der Waals surface area contributed by atoms with Gasteiger partial charge in [0.2, 0.25) is 6.79 Å². The van der Waals surface area contributed by atoms with Gasteiger partial charge in [0.1, 0.15) is 11.6 Å². The first-order valence-electron chi connectivity index (χ1n) is 52.7. The molecule has 0 unspecified atom stereocenters. The van der Waals surface area contributed by atoms with Crippen molar-refractivity contribution in [1.82, 2.24) is 77.1 Å². The van der Waals surface area contributed by atoms with Crippen LogP contribution in [0.2, 0.25) is 0 Å². The number of methoxy groups -OCH3 is 1. The maximum absolute atomic E-state index is 13.5. The highest BCUT2D eigenvalue weighted by Crippen LogP contribution is 2.38. The van der Waals surface area contributed by atoms with Gasteiger partial charge in [-0.3, -0.25) is 38.8 Å². The van der Waals surface area contributed by atoms with Crippen LogP contribution in [0.5, 0.6) is 17.2 Å². The van der Waals surface area contributed by atoms with Crippen molar-refractivity contribution in [3.8, 4) is 17.2 Å². The van der Waals surface area contributed by atoms with Gasteiger partial charge in [-0.2, -0.15) is 0 Å². The molecule has 762 valence electrons. The number of aromatic nitrogens is 4. The van der Waals surface area contributed by atoms with Crippen LogP contribution in [0.15, 0.2) is 267 Å². The molecule has 0 N–H and O–H groups in total. The smallest absolute Gasteiger partial charge is 0.253 e. The average molecular weight is 1970 g/mol. The Morgan fingerprint density at radius 3 is 0.829 bits per heavy atom. The zero-order valence-corrected chi connectivity index (χ0v) is 87.0. The lowest BCUT2D eigenvalue weighted by molar-refractivity contribution is 0.0632. The van der Waals surface area contributed by atoms with Crippen LogP contribution in [-0.2, 0) is 51.9 Å². The molecule has 5 aliphatic heterocycles. The lowest BCUT2D eigenvalue weighted by atomic mass is 10.1. The highest BCUT2D eigenvalue weighted by atomic mass is 19.1. The minimum Gasteiger partial charge on any atom is -0.497 e. The Kier molecular flexibility index (Phi) is 34.4. The standard InChI is InChI=1S/C31H36N4O3.C31H38N4O2.C30H35FN4O.C30H36N4O/c1-32(2)13-5-14-35-27-7-4-3-6-25(27)26-21-24(9-10-28(26)35)31(36)34-18-16-33(17-19-34)15-12-23-8-11-29-30(20-23)38-22-37-29;1-32(2)16-6-17-35-29-8-5-4-7-27(29)28-23-25(11-14-30(28)35)31(36)34-21-19-33(20-22-34)18-15-24-9-12-26(37-3)13-10-24;1-32(2)15-5-16-35-28-7-4-3-6-26(28)27-22-24(10-13-29(27)35)30(36)34-20-18-33(19-21-34)17-14-23-8-11-25(31)12-9-23;1-31(2)16-8-17-34-28-12-7-6-11-26(28)27-23-25(13-14-29(27)34)30(35)33-21-19-32(20-22-33)18-15-24-9-4-3-5-10-24/h3-4,6-11,20-21H,5,12-19,22H2,1-2H3;4-5,7-14,23H,6,15-22H2,1-3H3;3-4,6-13,22H,5,14-21H2,1-2H3;3-7,9-14,23H,8,15-22H2,1-2H3. The van der Waals surface area contributed by atoms with Gasteiger partial charge in [0.15, 0.2) is 11.5 Å². The number of para-hydroxylation sites is 4. The van der Waals surface area contributed by atoms with E-state index in [2.05, 4.69) is 314 Å². The SMILES string of the molecule is CN(C)CCCn1c2ccccc2c2cc(C(=O)N3CCN(CCc4ccc(F)cc4)CC3)ccc21.CN(C)CCCn1c2ccccc2c2cc(C(=O)N3CCN(CCc4ccc5c(c4)OCO5)CC3)ccc21.CN(C)CCCn1c2ccccc2c2cc(C(=O)N3CCN(CCc4ccccc4)CC3)ccc21.COc1ccc(CCN2CCN(C(=O)c3ccc4c(c3)c3ccccc3n4CCCN(C)C)CC2)cc1. The highest BCUT2D eigenvalue weighted by molar-refractivity contribution is 6.14. The van der Waals surface area contributed by atoms with Crippen molar-refractivity contribution in [2.45, 2.75) is 77.5 Å². The molecular formula is C122H145FN16O7. The fourth-order valence-corrected chi connectivity index (χ4v) is 21.7. The normalized spacial score (nSPS) is 15.0. The van der Waals surface area contributed by atoms with E-state index in [0.717, 1.165) is 285 Å². The molecule has 4 saturated heterocycles. The van der Waals surface area contributed by atoms with E-state index in [4.69, 9.17) is 14.2 Å². The summed E-state index contributed by atoms with van der Waals surface area (Å²) in [7, 11) is 18.6. The van der Waals surface area contributed by atoms with Crippen LogP contribution in [-0.4, -0.2) is 328 Å². The van der Waals surface area contributed by atoms with Crippen molar-refractivity contribution in [3.05, 3.63) is 317 Å². The van der Waals surface area contributed by atoms with Crippen LogP contribution < -0.4 is 14.2 Å². The third kappa shape index (κ3) is 25.2. The summed E-state index contributed by atoms with van der Waals surface area (Å²) in [4.78, 5) is 80.5. The molecule has 23 nitrogen and oxygen atoms in total. The summed E-state index contributed by atoms with van der Waals surface area (Å²) in [6, 6.07) is 91.1. The van der Waals surface area contributed by atoms with E-state index >= 15 is 0 Å². The molecule has 9 heterocycles. The number of carbonyl (C=O) groups is 4. The first-order chi connectivity index (χ1) is 71.2. The summed E-state index contributed by atoms with van der Waals surface area (Å²) < 4.78 is 38.9. The molecule has 4 aromatic heterocycles. The number of carbonyl (C=O) groups excluding carboxylic acids is 4. The number of nitrogens with zero attached hydrogens (tertiary/aromatic N) is 16. The summed E-state index contributed by atoms with van der Waals surface area (Å²) >= 11 is 0. The van der Waals surface area contributed by atoms with Gasteiger partial charge in [-0.1, -0.05) is 133 Å². The van der Waals surface area contributed by atoms with E-state index in [-0.39, 0.29) is 29.4 Å². The van der Waals surface area contributed by atoms with Gasteiger partial charge in [-0.15, -0.1) is 0 Å². The quantitative estimate of drug-likeness (QED) is 0.0383. The number of piperazine rings is 4. The van der Waals surface area contributed by atoms with E-state index in [1.165, 1.54) is 111 Å². The van der Waals surface area contributed by atoms with Crippen molar-refractivity contribution in [2.24, 2.45) is 0 Å². The van der Waals surface area contributed by atoms with Crippen molar-refractivity contribution in [2.75, 3.05) is 227 Å². The molecule has 146 heavy (non-hydrogen) atoms. The van der Waals surface area contributed by atoms with Crippen LogP contribution in [0.1, 0.15) is 89.4 Å². The number of fused-ring (bicyclic) bond motifs is 13. The van der Waals surface area contributed by atoms with Gasteiger partial charge in [-0.25, -0.2) is 4.39 Å². The van der Waals surface area contributed by atoms with Crippen molar-refractivity contribution in [3.63, 3.8) is 0 Å². The summed E-state index contributed by atoms with van der Waals surface area (Å²) in [6.07, 6.45) is 8.26. The molecule has 4 amide bonds. The molecule has 24 heteroatoms. The molecule has 21 rings (SSSR count). The minimum atomic E-state index is -0.196. The Labute approximate surface area is 859 Å². The van der Waals surface area contributed by atoms with Crippen molar-refractivity contribution in [1.29, 1.82) is 0 Å². The molecule has 12 aromatic carbocycles. The van der Waals surface area contributed by atoms with Crippen molar-refractivity contribution < 1.29 is 37.8 Å². The Balaban J connectivity index is 0.000000128. The topological polar surface area (TPSA) is 155 Å². The molecule has 4 fully saturated rings. The number of hydrogen-bond donors (Lipinski definition) is 0. The number of benzene rings is 12. The third-order valence-electron chi connectivity index (χ3n) is 29.9. The van der Waals surface area contributed by atoms with E-state index < -0.39 is 0 Å². The van der Waals surface area contributed by atoms with E-state index in [1.807, 2.05) is 74.2 Å². The first kappa shape index (κ1) is 103. The predicted molar refractivity (Wildman–Crippen MR) is 593 cm³/mol. The van der Waals surface area contributed by atoms with Crippen molar-refractivity contribution >= 4 is 111 Å². The number of hydrogen-bond acceptors (Lipinski definition) is 15. The molecule has 0 atom stereocenters.